The van der Waals surface area contributed by atoms with E-state index in [1.807, 2.05) is 4.72 Å². The van der Waals surface area contributed by atoms with Crippen LogP contribution in [0.4, 0.5) is 0 Å². The second-order valence-corrected chi connectivity index (χ2v) is 19.4. The van der Waals surface area contributed by atoms with Crippen molar-refractivity contribution in [3.8, 4) is 5.75 Å². The quantitative estimate of drug-likeness (QED) is 0.132. The van der Waals surface area contributed by atoms with E-state index in [-0.39, 0.29) is 50.1 Å². The number of phenolic OH excluding ortho intramolecular Hbond substituents is 1. The summed E-state index contributed by atoms with van der Waals surface area (Å²) in [4.78, 5) is 119. The number of aliphatic imine (C=N–C) groups is 1. The Hall–Kier alpha value is -5.29. The lowest BCUT2D eigenvalue weighted by Gasteiger charge is -2.33. The van der Waals surface area contributed by atoms with Gasteiger partial charge in [-0.05, 0) is 76.5 Å². The molecule has 5 amide bonds. The van der Waals surface area contributed by atoms with Gasteiger partial charge in [0.05, 0.1) is 29.3 Å². The number of nitrogens with zero attached hydrogens (tertiary/aromatic N) is 3. The average Bonchev–Trinajstić information content (AvgIpc) is 4.08. The molecule has 4 aliphatic rings. The molecule has 0 saturated carbocycles. The smallest absolute Gasteiger partial charge is 0.334 e. The molecule has 66 heavy (non-hydrogen) atoms. The van der Waals surface area contributed by atoms with Gasteiger partial charge in [0, 0.05) is 37.9 Å². The summed E-state index contributed by atoms with van der Waals surface area (Å²) in [7, 11) is -3.70. The molecule has 6 N–H and O–H groups in total. The summed E-state index contributed by atoms with van der Waals surface area (Å²) in [5.74, 6) is -7.40. The largest absolute Gasteiger partial charge is 0.508 e. The van der Waals surface area contributed by atoms with Crippen LogP contribution in [0.1, 0.15) is 78.7 Å². The molecule has 22 heteroatoms. The molecule has 20 nitrogen and oxygen atoms in total. The number of nitrogens with one attached hydrogen (secondary N) is 4. The summed E-state index contributed by atoms with van der Waals surface area (Å²) in [6, 6.07) is -2.04. The van der Waals surface area contributed by atoms with E-state index in [1.165, 1.54) is 50.9 Å². The van der Waals surface area contributed by atoms with Crippen LogP contribution in [0.2, 0.25) is 0 Å². The van der Waals surface area contributed by atoms with Crippen molar-refractivity contribution in [2.75, 3.05) is 26.0 Å². The van der Waals surface area contributed by atoms with Gasteiger partial charge in [0.2, 0.25) is 41.0 Å². The minimum atomic E-state index is -4.91. The number of phenols is 1. The van der Waals surface area contributed by atoms with E-state index in [4.69, 9.17) is 9.73 Å². The summed E-state index contributed by atoms with van der Waals surface area (Å²) in [6.45, 7) is 7.96. The lowest BCUT2D eigenvalue weighted by Crippen LogP contribution is -2.60. The third-order valence-corrected chi connectivity index (χ3v) is 14.0. The van der Waals surface area contributed by atoms with Gasteiger partial charge >= 0.3 is 10.3 Å². The number of benzene rings is 1. The fourth-order valence-corrected chi connectivity index (χ4v) is 10.1. The summed E-state index contributed by atoms with van der Waals surface area (Å²) >= 11 is 1.37. The van der Waals surface area contributed by atoms with Crippen molar-refractivity contribution in [1.29, 1.82) is 0 Å². The topological polar surface area (TPSA) is 287 Å². The molecular weight excluding hydrogens is 899 g/mol. The van der Waals surface area contributed by atoms with Gasteiger partial charge in [0.15, 0.2) is 0 Å². The molecule has 0 radical (unpaired) electrons. The number of methoxy groups -OCH3 is 1. The second-order valence-electron chi connectivity index (χ2n) is 17.1. The fourth-order valence-electron chi connectivity index (χ4n) is 8.43. The molecule has 2 bridgehead atoms. The molecule has 360 valence electrons. The summed E-state index contributed by atoms with van der Waals surface area (Å²) in [6.07, 6.45) is 2.69. The first kappa shape index (κ1) is 51.7. The van der Waals surface area contributed by atoms with Crippen LogP contribution in [0.3, 0.4) is 0 Å². The summed E-state index contributed by atoms with van der Waals surface area (Å²) in [5, 5.41) is 18.5. The van der Waals surface area contributed by atoms with Gasteiger partial charge < -0.3 is 35.6 Å². The maximum Gasteiger partial charge on any atom is 0.334 e. The van der Waals surface area contributed by atoms with E-state index in [0.717, 1.165) is 15.4 Å². The predicted octanol–water partition coefficient (Wildman–Crippen LogP) is 0.731. The third kappa shape index (κ3) is 13.0. The Morgan fingerprint density at radius 1 is 1.02 bits per heavy atom. The zero-order valence-corrected chi connectivity index (χ0v) is 39.4. The highest BCUT2D eigenvalue weighted by Crippen LogP contribution is 2.27. The standard InChI is InChI=1S/C44H59N7O13S2/c1-7-24(3)35-38(55)41(58)46-30(20-27-12-14-29(52)15-13-27)42-45-28(22-65-42)19-23(2)18-25(4)37(54)34(53)21-31(43(59)50-16-8-11-33(50)40(57)48-35)47-39(56)32-10-9-17-51(32)44(60)36(26(5)64-6)49-66(61,62)63/h12-15,18-19,24,26,28,30-33,35-36,49,52H,7-11,16-17,20-22H2,1-6H3,(H,46,58)(H,47,56)(H,48,57)(H,61,62,63)/b23-19+,25-18-/t24-,26-,28?,30+,31-,32+,33+,35+,36+/m1/s1. The lowest BCUT2D eigenvalue weighted by molar-refractivity contribution is -0.146. The molecule has 9 atom stereocenters. The third-order valence-electron chi connectivity index (χ3n) is 12.3. The molecule has 4 aliphatic heterocycles. The van der Waals surface area contributed by atoms with Crippen LogP contribution in [0.25, 0.3) is 0 Å². The average molecular weight is 958 g/mol. The normalized spacial score (nSPS) is 28.1. The number of amides is 5. The predicted molar refractivity (Wildman–Crippen MR) is 242 cm³/mol. The molecule has 2 saturated heterocycles. The van der Waals surface area contributed by atoms with Crippen molar-refractivity contribution < 1.29 is 61.2 Å². The number of hydrogen-bond acceptors (Lipinski definition) is 14. The number of likely N-dealkylation sites (tertiary alicyclic amines) is 1. The highest BCUT2D eigenvalue weighted by Gasteiger charge is 2.45. The van der Waals surface area contributed by atoms with E-state index in [0.29, 0.717) is 29.2 Å². The number of fused-ring (bicyclic) bond motifs is 2. The van der Waals surface area contributed by atoms with E-state index >= 15 is 0 Å². The number of Topliss-reactive ketones (excluding diaryl/α,β-unsaturated/α-hetero) is 3. The van der Waals surface area contributed by atoms with Gasteiger partial charge in [-0.1, -0.05) is 50.1 Å². The lowest BCUT2D eigenvalue weighted by atomic mass is 9.94. The van der Waals surface area contributed by atoms with E-state index in [2.05, 4.69) is 16.0 Å². The number of hydrogen-bond donors (Lipinski definition) is 6. The molecule has 0 aliphatic carbocycles. The SMILES string of the molecule is CC[C@@H](C)[C@@H]1NC(=O)[C@@H]2CCCN2C(=O)[C@H](NC(=O)[C@@H]2CCCN2C(=O)[C@@H](NS(=O)(=O)O)[C@@H](C)OC)CC(=O)C(=O)/C(C)=C\C(C)=C\C2CSC(=N2)[C@H](Cc2ccc(O)cc2)NC(=O)C1=O. The van der Waals surface area contributed by atoms with E-state index < -0.39 is 118 Å². The molecular formula is C44H59N7O13S2. The van der Waals surface area contributed by atoms with Crippen molar-refractivity contribution >= 4 is 74.0 Å². The first-order valence-corrected chi connectivity index (χ1v) is 24.3. The van der Waals surface area contributed by atoms with Gasteiger partial charge in [-0.25, -0.2) is 0 Å². The van der Waals surface area contributed by atoms with Gasteiger partial charge in [0.1, 0.15) is 29.9 Å². The molecule has 1 unspecified atom stereocenters. The number of rotatable bonds is 11. The fraction of sp³-hybridized carbons (Fsp3) is 0.568. The summed E-state index contributed by atoms with van der Waals surface area (Å²) in [5.41, 5.74) is 1.33. The van der Waals surface area contributed by atoms with Crippen LogP contribution in [-0.2, 0) is 59.8 Å². The highest BCUT2D eigenvalue weighted by molar-refractivity contribution is 8.14. The molecule has 2 fully saturated rings. The Labute approximate surface area is 388 Å². The molecule has 1 aromatic rings. The van der Waals surface area contributed by atoms with Crippen molar-refractivity contribution in [3.63, 3.8) is 0 Å². The molecule has 4 heterocycles. The van der Waals surface area contributed by atoms with Crippen molar-refractivity contribution in [2.45, 2.75) is 128 Å². The van der Waals surface area contributed by atoms with Gasteiger partial charge in [-0.15, -0.1) is 11.8 Å². The number of ether oxygens (including phenoxy) is 1. The number of thioether (sulfide) groups is 1. The van der Waals surface area contributed by atoms with Crippen LogP contribution >= 0.6 is 11.8 Å². The Kier molecular flexibility index (Phi) is 17.6. The minimum Gasteiger partial charge on any atom is -0.508 e. The molecule has 1 aromatic carbocycles. The van der Waals surface area contributed by atoms with Crippen LogP contribution in [0, 0.1) is 5.92 Å². The number of allylic oxidation sites excluding steroid dienone is 3. The Morgan fingerprint density at radius 3 is 2.35 bits per heavy atom. The molecule has 0 spiro atoms. The van der Waals surface area contributed by atoms with Gasteiger partial charge in [-0.2, -0.15) is 13.1 Å². The Bertz CT molecular complexity index is 2280. The maximum atomic E-state index is 14.6. The van der Waals surface area contributed by atoms with Crippen LogP contribution in [-0.4, -0.2) is 154 Å². The van der Waals surface area contributed by atoms with Crippen LogP contribution in [0.15, 0.2) is 52.6 Å². The Morgan fingerprint density at radius 2 is 1.70 bits per heavy atom. The number of carbonyl (C=O) groups excluding carboxylic acids is 8. The Balaban J connectivity index is 1.51. The van der Waals surface area contributed by atoms with Gasteiger partial charge in [-0.3, -0.25) is 47.9 Å². The zero-order chi connectivity index (χ0) is 48.6. The van der Waals surface area contributed by atoms with Crippen LogP contribution in [0.5, 0.6) is 5.75 Å². The summed E-state index contributed by atoms with van der Waals surface area (Å²) < 4.78 is 40.1. The minimum absolute atomic E-state index is 0.0113. The maximum absolute atomic E-state index is 14.6. The first-order valence-electron chi connectivity index (χ1n) is 21.9. The van der Waals surface area contributed by atoms with E-state index in [9.17, 15) is 56.4 Å². The zero-order valence-electron chi connectivity index (χ0n) is 37.8. The van der Waals surface area contributed by atoms with Crippen molar-refractivity contribution in [2.24, 2.45) is 10.9 Å². The first-order chi connectivity index (χ1) is 31.1. The number of carbonyl (C=O) groups is 8. The van der Waals surface area contributed by atoms with Gasteiger partial charge in [0.25, 0.3) is 5.91 Å². The molecule has 5 rings (SSSR count). The molecule has 0 aromatic heterocycles. The van der Waals surface area contributed by atoms with E-state index in [1.54, 1.807) is 39.0 Å². The number of aromatic hydroxyl groups is 1. The monoisotopic (exact) mass is 957 g/mol. The van der Waals surface area contributed by atoms with Crippen molar-refractivity contribution in [3.05, 3.63) is 53.1 Å². The highest BCUT2D eigenvalue weighted by atomic mass is 32.2. The van der Waals surface area contributed by atoms with Crippen LogP contribution < -0.4 is 20.7 Å². The number of ketones is 3. The second kappa shape index (κ2) is 22.5. The van der Waals surface area contributed by atoms with Crippen molar-refractivity contribution in [1.82, 2.24) is 30.5 Å².